The molecule has 8 atom stereocenters. The van der Waals surface area contributed by atoms with Gasteiger partial charge in [-0.2, -0.15) is 0 Å². The highest BCUT2D eigenvalue weighted by molar-refractivity contribution is 6.08. The van der Waals surface area contributed by atoms with E-state index in [1.807, 2.05) is 0 Å². The van der Waals surface area contributed by atoms with E-state index < -0.39 is 0 Å². The molecule has 6 nitrogen and oxygen atoms in total. The van der Waals surface area contributed by atoms with E-state index in [4.69, 9.17) is 14.4 Å². The summed E-state index contributed by atoms with van der Waals surface area (Å²) in [6.45, 7) is 8.61. The van der Waals surface area contributed by atoms with Gasteiger partial charge in [0.25, 0.3) is 0 Å². The summed E-state index contributed by atoms with van der Waals surface area (Å²) in [5, 5.41) is 8.81. The van der Waals surface area contributed by atoms with Gasteiger partial charge in [-0.15, -0.1) is 0 Å². The number of fused-ring (bicyclic) bond motifs is 5. The molecular formula is C25H40N2O4. The van der Waals surface area contributed by atoms with Crippen molar-refractivity contribution >= 4 is 17.4 Å². The summed E-state index contributed by atoms with van der Waals surface area (Å²) in [6, 6.07) is 0. The minimum absolute atomic E-state index is 0.116. The van der Waals surface area contributed by atoms with Crippen LogP contribution in [0.3, 0.4) is 0 Å². The largest absolute Gasteiger partial charge is 0.463 e. The van der Waals surface area contributed by atoms with Gasteiger partial charge in [-0.05, 0) is 92.8 Å². The number of oxime groups is 2. The molecule has 0 radical (unpaired) electrons. The van der Waals surface area contributed by atoms with Crippen molar-refractivity contribution in [3.05, 3.63) is 0 Å². The minimum Gasteiger partial charge on any atom is -0.463 e. The van der Waals surface area contributed by atoms with Crippen molar-refractivity contribution in [3.8, 4) is 0 Å². The molecule has 0 aliphatic heterocycles. The van der Waals surface area contributed by atoms with E-state index in [1.54, 1.807) is 14.2 Å². The fraction of sp³-hybridized carbons (Fsp3) is 0.880. The van der Waals surface area contributed by atoms with Gasteiger partial charge in [0.2, 0.25) is 0 Å². The summed E-state index contributed by atoms with van der Waals surface area (Å²) < 4.78 is 5.62. The Labute approximate surface area is 187 Å². The molecule has 0 amide bonds. The lowest BCUT2D eigenvalue weighted by molar-refractivity contribution is -0.159. The zero-order valence-corrected chi connectivity index (χ0v) is 20.1. The first kappa shape index (κ1) is 22.6. The fourth-order valence-electron chi connectivity index (χ4n) is 8.50. The van der Waals surface area contributed by atoms with Crippen molar-refractivity contribution in [2.24, 2.45) is 50.7 Å². The lowest BCUT2D eigenvalue weighted by Crippen LogP contribution is -2.54. The molecular weight excluding hydrogens is 392 g/mol. The minimum atomic E-state index is -0.134. The van der Waals surface area contributed by atoms with Crippen LogP contribution in [0.2, 0.25) is 0 Å². The summed E-state index contributed by atoms with van der Waals surface area (Å²) in [4.78, 5) is 21.9. The van der Waals surface area contributed by atoms with Crippen molar-refractivity contribution in [1.29, 1.82) is 0 Å². The maximum atomic E-state index is 11.5. The second-order valence-corrected chi connectivity index (χ2v) is 11.0. The van der Waals surface area contributed by atoms with Crippen molar-refractivity contribution in [2.75, 3.05) is 14.2 Å². The number of carbonyl (C=O) groups excluding carboxylic acids is 1. The number of rotatable bonds is 4. The third-order valence-corrected chi connectivity index (χ3v) is 9.67. The summed E-state index contributed by atoms with van der Waals surface area (Å²) in [6.07, 6.45) is 9.32. The zero-order chi connectivity index (χ0) is 22.4. The summed E-state index contributed by atoms with van der Waals surface area (Å²) >= 11 is 0. The van der Waals surface area contributed by atoms with Crippen LogP contribution in [0.25, 0.3) is 0 Å². The van der Waals surface area contributed by atoms with Gasteiger partial charge in [0.05, 0.1) is 11.4 Å². The first-order chi connectivity index (χ1) is 14.7. The highest BCUT2D eigenvalue weighted by Gasteiger charge is 2.62. The van der Waals surface area contributed by atoms with Gasteiger partial charge < -0.3 is 14.4 Å². The van der Waals surface area contributed by atoms with E-state index >= 15 is 0 Å². The SMILES string of the molecule is CO/N=C1/C[C@@H]2[C@H]3CC[C@H]4C[C@@H](OC(C)=O)CC[C@]4(C)[C@@H]3CC[C@]2(C)[C@@H]1/C(C)=N/OC. The highest BCUT2D eigenvalue weighted by Crippen LogP contribution is 2.67. The van der Waals surface area contributed by atoms with Crippen molar-refractivity contribution in [2.45, 2.75) is 85.2 Å². The predicted molar refractivity (Wildman–Crippen MR) is 121 cm³/mol. The van der Waals surface area contributed by atoms with Gasteiger partial charge in [0.1, 0.15) is 20.3 Å². The standard InChI is InChI=1S/C25H40N2O4/c1-15(26-29-5)23-22(27-30-6)14-21-19-8-7-17-13-18(31-16(2)28)9-11-24(17,3)20(19)10-12-25(21,23)4/h17-21,23H,7-14H2,1-6H3/b26-15+,27-22-/t17-,18-,19-,20+,21+,23+,24-,25-/m0/s1. The van der Waals surface area contributed by atoms with Crippen LogP contribution in [0.1, 0.15) is 79.1 Å². The van der Waals surface area contributed by atoms with E-state index in [2.05, 4.69) is 31.1 Å². The average molecular weight is 433 g/mol. The molecule has 0 heterocycles. The van der Waals surface area contributed by atoms with Crippen LogP contribution in [0.15, 0.2) is 10.3 Å². The van der Waals surface area contributed by atoms with Crippen molar-refractivity contribution in [3.63, 3.8) is 0 Å². The molecule has 0 saturated heterocycles. The maximum Gasteiger partial charge on any atom is 0.302 e. The molecule has 174 valence electrons. The number of hydrogen-bond acceptors (Lipinski definition) is 6. The van der Waals surface area contributed by atoms with E-state index in [0.717, 1.165) is 36.6 Å². The monoisotopic (exact) mass is 432 g/mol. The Balaban J connectivity index is 1.60. The number of carbonyl (C=O) groups is 1. The van der Waals surface area contributed by atoms with Gasteiger partial charge in [-0.1, -0.05) is 24.2 Å². The Bertz CT molecular complexity index is 765. The molecule has 6 heteroatoms. The second-order valence-electron chi connectivity index (χ2n) is 11.0. The first-order valence-corrected chi connectivity index (χ1v) is 12.1. The lowest BCUT2D eigenvalue weighted by atomic mass is 9.44. The third kappa shape index (κ3) is 3.68. The van der Waals surface area contributed by atoms with Crippen LogP contribution < -0.4 is 0 Å². The molecule has 31 heavy (non-hydrogen) atoms. The fourth-order valence-corrected chi connectivity index (χ4v) is 8.50. The molecule has 0 aromatic carbocycles. The topological polar surface area (TPSA) is 69.5 Å². The number of nitrogens with zero attached hydrogens (tertiary/aromatic N) is 2. The van der Waals surface area contributed by atoms with Gasteiger partial charge in [0, 0.05) is 12.8 Å². The number of esters is 1. The summed E-state index contributed by atoms with van der Waals surface area (Å²) in [5.41, 5.74) is 2.67. The molecule has 4 rings (SSSR count). The normalized spacial score (nSPS) is 46.0. The van der Waals surface area contributed by atoms with Gasteiger partial charge in [-0.25, -0.2) is 0 Å². The van der Waals surface area contributed by atoms with Gasteiger partial charge in [0.15, 0.2) is 0 Å². The van der Waals surface area contributed by atoms with E-state index in [0.29, 0.717) is 23.2 Å². The van der Waals surface area contributed by atoms with Crippen molar-refractivity contribution in [1.82, 2.24) is 0 Å². The molecule has 0 unspecified atom stereocenters. The van der Waals surface area contributed by atoms with E-state index in [9.17, 15) is 4.79 Å². The van der Waals surface area contributed by atoms with Crippen LogP contribution in [-0.4, -0.2) is 37.7 Å². The van der Waals surface area contributed by atoms with Gasteiger partial charge in [-0.3, -0.25) is 4.79 Å². The molecule has 4 fully saturated rings. The summed E-state index contributed by atoms with van der Waals surface area (Å²) in [5.74, 6) is 2.79. The van der Waals surface area contributed by atoms with Crippen LogP contribution in [0, 0.1) is 40.4 Å². The van der Waals surface area contributed by atoms with Crippen LogP contribution >= 0.6 is 0 Å². The Morgan fingerprint density at radius 3 is 2.39 bits per heavy atom. The Hall–Kier alpha value is -1.59. The molecule has 0 aromatic rings. The van der Waals surface area contributed by atoms with E-state index in [-0.39, 0.29) is 23.4 Å². The quantitative estimate of drug-likeness (QED) is 0.347. The highest BCUT2D eigenvalue weighted by atomic mass is 16.6. The molecule has 0 aromatic heterocycles. The first-order valence-electron chi connectivity index (χ1n) is 12.1. The molecule has 4 saturated carbocycles. The zero-order valence-electron chi connectivity index (χ0n) is 20.1. The molecule has 0 bridgehead atoms. The molecule has 0 N–H and O–H groups in total. The predicted octanol–water partition coefficient (Wildman–Crippen LogP) is 5.21. The lowest BCUT2D eigenvalue weighted by Gasteiger charge is -2.60. The van der Waals surface area contributed by atoms with Crippen molar-refractivity contribution < 1.29 is 19.2 Å². The van der Waals surface area contributed by atoms with E-state index in [1.165, 1.54) is 39.0 Å². The maximum absolute atomic E-state index is 11.5. The van der Waals surface area contributed by atoms with Gasteiger partial charge >= 0.3 is 5.97 Å². The Morgan fingerprint density at radius 2 is 1.71 bits per heavy atom. The Morgan fingerprint density at radius 1 is 0.968 bits per heavy atom. The number of hydrogen-bond donors (Lipinski definition) is 0. The third-order valence-electron chi connectivity index (χ3n) is 9.67. The van der Waals surface area contributed by atoms with Crippen LogP contribution in [-0.2, 0) is 19.2 Å². The average Bonchev–Trinajstić information content (AvgIpc) is 3.00. The van der Waals surface area contributed by atoms with Crippen LogP contribution in [0.4, 0.5) is 0 Å². The Kier molecular flexibility index (Phi) is 6.12. The summed E-state index contributed by atoms with van der Waals surface area (Å²) in [7, 11) is 3.27. The van der Waals surface area contributed by atoms with Crippen LogP contribution in [0.5, 0.6) is 0 Å². The molecule has 0 spiro atoms. The second kappa shape index (κ2) is 8.40. The smallest absolute Gasteiger partial charge is 0.302 e. The number of ether oxygens (including phenoxy) is 1. The molecule has 4 aliphatic rings. The molecule has 4 aliphatic carbocycles.